The first-order valence-corrected chi connectivity index (χ1v) is 6.24. The standard InChI is InChI=1S/C13H18N2O3/c1-2-11-5-10(13(17)18)6-12(14-11)15-4-3-9(7-15)8-16/h5-6,9,16H,2-4,7-8H2,1H3,(H,17,18). The summed E-state index contributed by atoms with van der Waals surface area (Å²) in [6.45, 7) is 3.70. The van der Waals surface area contributed by atoms with Crippen molar-refractivity contribution in [2.75, 3.05) is 24.6 Å². The van der Waals surface area contributed by atoms with Gasteiger partial charge in [0.05, 0.1) is 5.56 Å². The highest BCUT2D eigenvalue weighted by Gasteiger charge is 2.23. The topological polar surface area (TPSA) is 73.7 Å². The van der Waals surface area contributed by atoms with E-state index in [1.54, 1.807) is 12.1 Å². The van der Waals surface area contributed by atoms with Crippen molar-refractivity contribution in [1.82, 2.24) is 4.98 Å². The van der Waals surface area contributed by atoms with Crippen molar-refractivity contribution in [3.8, 4) is 0 Å². The molecule has 0 aromatic carbocycles. The van der Waals surface area contributed by atoms with E-state index in [-0.39, 0.29) is 18.1 Å². The third kappa shape index (κ3) is 2.61. The molecule has 5 heteroatoms. The summed E-state index contributed by atoms with van der Waals surface area (Å²) in [5.74, 6) is 0.0549. The number of aromatic carboxylic acids is 1. The lowest BCUT2D eigenvalue weighted by Gasteiger charge is -2.18. The predicted molar refractivity (Wildman–Crippen MR) is 68.0 cm³/mol. The zero-order chi connectivity index (χ0) is 13.1. The third-order valence-electron chi connectivity index (χ3n) is 3.34. The van der Waals surface area contributed by atoms with E-state index in [1.165, 1.54) is 0 Å². The Balaban J connectivity index is 2.27. The molecule has 1 aliphatic rings. The van der Waals surface area contributed by atoms with Gasteiger partial charge >= 0.3 is 5.97 Å². The van der Waals surface area contributed by atoms with Gasteiger partial charge in [0.25, 0.3) is 0 Å². The van der Waals surface area contributed by atoms with Crippen molar-refractivity contribution in [3.63, 3.8) is 0 Å². The smallest absolute Gasteiger partial charge is 0.335 e. The molecule has 1 aromatic rings. The number of rotatable bonds is 4. The maximum absolute atomic E-state index is 11.1. The van der Waals surface area contributed by atoms with E-state index >= 15 is 0 Å². The second-order valence-corrected chi connectivity index (χ2v) is 4.65. The summed E-state index contributed by atoms with van der Waals surface area (Å²) in [7, 11) is 0. The number of hydrogen-bond donors (Lipinski definition) is 2. The number of carbonyl (C=O) groups is 1. The summed E-state index contributed by atoms with van der Waals surface area (Å²) < 4.78 is 0. The van der Waals surface area contributed by atoms with Gasteiger partial charge in [0.15, 0.2) is 0 Å². The lowest BCUT2D eigenvalue weighted by atomic mass is 10.1. The highest BCUT2D eigenvalue weighted by molar-refractivity contribution is 5.88. The number of nitrogens with zero attached hydrogens (tertiary/aromatic N) is 2. The highest BCUT2D eigenvalue weighted by atomic mass is 16.4. The molecule has 18 heavy (non-hydrogen) atoms. The molecule has 1 aliphatic heterocycles. The van der Waals surface area contributed by atoms with Crippen LogP contribution in [0.4, 0.5) is 5.82 Å². The molecule has 98 valence electrons. The average Bonchev–Trinajstić information content (AvgIpc) is 2.86. The van der Waals surface area contributed by atoms with Gasteiger partial charge in [-0.3, -0.25) is 0 Å². The minimum absolute atomic E-state index is 0.176. The fraction of sp³-hybridized carbons (Fsp3) is 0.538. The first kappa shape index (κ1) is 12.8. The maximum Gasteiger partial charge on any atom is 0.335 e. The fourth-order valence-electron chi connectivity index (χ4n) is 2.23. The number of aryl methyl sites for hydroxylation is 1. The summed E-state index contributed by atoms with van der Waals surface area (Å²) in [4.78, 5) is 17.6. The molecule has 1 atom stereocenters. The second kappa shape index (κ2) is 5.35. The lowest BCUT2D eigenvalue weighted by Crippen LogP contribution is -2.22. The molecule has 1 saturated heterocycles. The molecular weight excluding hydrogens is 232 g/mol. The molecule has 0 aliphatic carbocycles. The van der Waals surface area contributed by atoms with Crippen molar-refractivity contribution >= 4 is 11.8 Å². The van der Waals surface area contributed by atoms with Crippen LogP contribution in [0.1, 0.15) is 29.4 Å². The minimum Gasteiger partial charge on any atom is -0.478 e. The van der Waals surface area contributed by atoms with Crippen LogP contribution in [0.3, 0.4) is 0 Å². The Morgan fingerprint density at radius 1 is 1.56 bits per heavy atom. The number of aromatic nitrogens is 1. The summed E-state index contributed by atoms with van der Waals surface area (Å²) >= 11 is 0. The zero-order valence-electron chi connectivity index (χ0n) is 10.5. The summed E-state index contributed by atoms with van der Waals surface area (Å²) in [6, 6.07) is 3.23. The largest absolute Gasteiger partial charge is 0.478 e. The summed E-state index contributed by atoms with van der Waals surface area (Å²) in [5, 5.41) is 18.2. The Morgan fingerprint density at radius 3 is 2.89 bits per heavy atom. The Bertz CT molecular complexity index is 448. The van der Waals surface area contributed by atoms with Crippen LogP contribution in [0.2, 0.25) is 0 Å². The lowest BCUT2D eigenvalue weighted by molar-refractivity contribution is 0.0696. The average molecular weight is 250 g/mol. The molecule has 0 bridgehead atoms. The molecule has 1 aromatic heterocycles. The molecule has 2 rings (SSSR count). The van der Waals surface area contributed by atoms with E-state index in [0.717, 1.165) is 25.2 Å². The molecule has 5 nitrogen and oxygen atoms in total. The van der Waals surface area contributed by atoms with Gasteiger partial charge in [0.1, 0.15) is 5.82 Å². The predicted octanol–water partition coefficient (Wildman–Crippen LogP) is 1.16. The Morgan fingerprint density at radius 2 is 2.33 bits per heavy atom. The first-order chi connectivity index (χ1) is 8.63. The van der Waals surface area contributed by atoms with Crippen LogP contribution in [0.5, 0.6) is 0 Å². The van der Waals surface area contributed by atoms with E-state index in [1.807, 2.05) is 11.8 Å². The maximum atomic E-state index is 11.1. The summed E-state index contributed by atoms with van der Waals surface area (Å²) in [6.07, 6.45) is 1.64. The van der Waals surface area contributed by atoms with Gasteiger partial charge in [-0.25, -0.2) is 9.78 Å². The van der Waals surface area contributed by atoms with Crippen LogP contribution in [0, 0.1) is 5.92 Å². The summed E-state index contributed by atoms with van der Waals surface area (Å²) in [5.41, 5.74) is 1.07. The molecule has 0 saturated carbocycles. The quantitative estimate of drug-likeness (QED) is 0.839. The van der Waals surface area contributed by atoms with Crippen molar-refractivity contribution in [1.29, 1.82) is 0 Å². The van der Waals surface area contributed by atoms with E-state index in [9.17, 15) is 4.79 Å². The molecule has 2 N–H and O–H groups in total. The number of aliphatic hydroxyl groups excluding tert-OH is 1. The van der Waals surface area contributed by atoms with Crippen LogP contribution < -0.4 is 4.90 Å². The molecule has 1 unspecified atom stereocenters. The number of hydrogen-bond acceptors (Lipinski definition) is 4. The normalized spacial score (nSPS) is 19.2. The van der Waals surface area contributed by atoms with Crippen molar-refractivity contribution in [2.24, 2.45) is 5.92 Å². The van der Waals surface area contributed by atoms with Crippen LogP contribution in [0.25, 0.3) is 0 Å². The number of aliphatic hydroxyl groups is 1. The second-order valence-electron chi connectivity index (χ2n) is 4.65. The first-order valence-electron chi connectivity index (χ1n) is 6.24. The molecular formula is C13H18N2O3. The molecule has 0 spiro atoms. The van der Waals surface area contributed by atoms with E-state index < -0.39 is 5.97 Å². The van der Waals surface area contributed by atoms with Gasteiger partial charge in [-0.1, -0.05) is 6.92 Å². The van der Waals surface area contributed by atoms with Gasteiger partial charge < -0.3 is 15.1 Å². The monoisotopic (exact) mass is 250 g/mol. The molecule has 0 radical (unpaired) electrons. The van der Waals surface area contributed by atoms with Gasteiger partial charge in [-0.2, -0.15) is 0 Å². The van der Waals surface area contributed by atoms with E-state index in [0.29, 0.717) is 12.2 Å². The Labute approximate surface area is 106 Å². The SMILES string of the molecule is CCc1cc(C(=O)O)cc(N2CCC(CO)C2)n1. The zero-order valence-corrected chi connectivity index (χ0v) is 10.5. The number of carboxylic acids is 1. The van der Waals surface area contributed by atoms with E-state index in [2.05, 4.69) is 4.98 Å². The minimum atomic E-state index is -0.925. The number of pyridine rings is 1. The Kier molecular flexibility index (Phi) is 3.81. The van der Waals surface area contributed by atoms with Crippen LogP contribution in [-0.2, 0) is 6.42 Å². The van der Waals surface area contributed by atoms with Crippen molar-refractivity contribution < 1.29 is 15.0 Å². The molecule has 0 amide bonds. The molecule has 2 heterocycles. The van der Waals surface area contributed by atoms with Gasteiger partial charge in [-0.15, -0.1) is 0 Å². The Hall–Kier alpha value is -1.62. The van der Waals surface area contributed by atoms with Crippen LogP contribution in [-0.4, -0.2) is 40.9 Å². The fourth-order valence-corrected chi connectivity index (χ4v) is 2.23. The number of carboxylic acid groups (broad SMARTS) is 1. The highest BCUT2D eigenvalue weighted by Crippen LogP contribution is 2.23. The third-order valence-corrected chi connectivity index (χ3v) is 3.34. The van der Waals surface area contributed by atoms with Crippen molar-refractivity contribution in [2.45, 2.75) is 19.8 Å². The van der Waals surface area contributed by atoms with Gasteiger partial charge in [0, 0.05) is 31.3 Å². The van der Waals surface area contributed by atoms with E-state index in [4.69, 9.17) is 10.2 Å². The van der Waals surface area contributed by atoms with Gasteiger partial charge in [0.2, 0.25) is 0 Å². The van der Waals surface area contributed by atoms with Crippen molar-refractivity contribution in [3.05, 3.63) is 23.4 Å². The number of anilines is 1. The van der Waals surface area contributed by atoms with Gasteiger partial charge in [-0.05, 0) is 25.0 Å². The van der Waals surface area contributed by atoms with Crippen LogP contribution >= 0.6 is 0 Å². The molecule has 1 fully saturated rings. The van der Waals surface area contributed by atoms with Crippen LogP contribution in [0.15, 0.2) is 12.1 Å².